The van der Waals surface area contributed by atoms with Crippen LogP contribution >= 0.6 is 0 Å². The van der Waals surface area contributed by atoms with Crippen molar-refractivity contribution in [3.05, 3.63) is 23.3 Å². The van der Waals surface area contributed by atoms with Gasteiger partial charge in [0.25, 0.3) is 0 Å². The van der Waals surface area contributed by atoms with Gasteiger partial charge >= 0.3 is 0 Å². The van der Waals surface area contributed by atoms with Crippen LogP contribution in [0.2, 0.25) is 0 Å². The van der Waals surface area contributed by atoms with Gasteiger partial charge in [-0.25, -0.2) is 0 Å². The smallest absolute Gasteiger partial charge is 0.0594 e. The molecule has 0 spiro atoms. The molecule has 3 heteroatoms. The monoisotopic (exact) mass is 414 g/mol. The molecule has 0 aromatic rings. The molecule has 0 radical (unpaired) electrons. The summed E-state index contributed by atoms with van der Waals surface area (Å²) in [5.41, 5.74) is 3.93. The lowest BCUT2D eigenvalue weighted by Crippen LogP contribution is -2.50. The molecule has 2 N–H and O–H groups in total. The number of nitrogens with zero attached hydrogens (tertiary/aromatic N) is 1. The zero-order chi connectivity index (χ0) is 22.1. The first-order valence-electron chi connectivity index (χ1n) is 12.4. The van der Waals surface area contributed by atoms with Gasteiger partial charge in [0.05, 0.1) is 6.10 Å². The molecule has 3 nitrogen and oxygen atoms in total. The fourth-order valence-corrected chi connectivity index (χ4v) is 8.82. The Bertz CT molecular complexity index is 737. The third-order valence-corrected chi connectivity index (χ3v) is 10.6. The van der Waals surface area contributed by atoms with Gasteiger partial charge in [0.1, 0.15) is 0 Å². The van der Waals surface area contributed by atoms with Gasteiger partial charge in [-0.3, -0.25) is 0 Å². The molecular formula is C27H46N2O. The summed E-state index contributed by atoms with van der Waals surface area (Å²) in [6, 6.07) is 0.997. The molecule has 30 heavy (non-hydrogen) atoms. The first-order chi connectivity index (χ1) is 14.0. The zero-order valence-corrected chi connectivity index (χ0v) is 20.8. The van der Waals surface area contributed by atoms with Crippen LogP contribution in [0, 0.1) is 34.0 Å². The minimum Gasteiger partial charge on any atom is -0.393 e. The molecule has 0 aromatic heterocycles. The van der Waals surface area contributed by atoms with Crippen LogP contribution in [-0.2, 0) is 0 Å². The second-order valence-corrected chi connectivity index (χ2v) is 12.4. The van der Waals surface area contributed by atoms with Gasteiger partial charge < -0.3 is 15.3 Å². The van der Waals surface area contributed by atoms with Crippen molar-refractivity contribution in [1.82, 2.24) is 10.2 Å². The second kappa shape index (κ2) is 7.46. The molecule has 170 valence electrons. The van der Waals surface area contributed by atoms with Crippen molar-refractivity contribution in [2.45, 2.75) is 91.3 Å². The van der Waals surface area contributed by atoms with Crippen LogP contribution in [-0.4, -0.2) is 49.3 Å². The Morgan fingerprint density at radius 2 is 1.73 bits per heavy atom. The van der Waals surface area contributed by atoms with Crippen molar-refractivity contribution in [2.75, 3.05) is 21.1 Å². The summed E-state index contributed by atoms with van der Waals surface area (Å²) >= 11 is 0. The van der Waals surface area contributed by atoms with E-state index in [1.54, 1.807) is 11.1 Å². The molecule has 8 atom stereocenters. The molecule has 0 saturated heterocycles. The van der Waals surface area contributed by atoms with Crippen molar-refractivity contribution >= 4 is 0 Å². The molecule has 0 bridgehead atoms. The van der Waals surface area contributed by atoms with E-state index in [1.165, 1.54) is 25.7 Å². The predicted molar refractivity (Wildman–Crippen MR) is 126 cm³/mol. The van der Waals surface area contributed by atoms with Crippen molar-refractivity contribution in [2.24, 2.45) is 34.0 Å². The maximum absolute atomic E-state index is 11.2. The third kappa shape index (κ3) is 3.02. The second-order valence-electron chi connectivity index (χ2n) is 12.4. The van der Waals surface area contributed by atoms with Crippen LogP contribution in [0.5, 0.6) is 0 Å². The van der Waals surface area contributed by atoms with Gasteiger partial charge in [-0.05, 0) is 100 Å². The summed E-state index contributed by atoms with van der Waals surface area (Å²) in [5, 5.41) is 14.7. The molecule has 0 heterocycles. The number of aliphatic hydroxyl groups is 1. The number of aliphatic hydroxyl groups excluding tert-OH is 1. The van der Waals surface area contributed by atoms with E-state index < -0.39 is 0 Å². The number of hydrogen-bond acceptors (Lipinski definition) is 3. The number of allylic oxidation sites excluding steroid dienone is 4. The first kappa shape index (κ1) is 22.6. The fourth-order valence-electron chi connectivity index (χ4n) is 8.82. The van der Waals surface area contributed by atoms with E-state index >= 15 is 0 Å². The maximum Gasteiger partial charge on any atom is 0.0594 e. The van der Waals surface area contributed by atoms with Gasteiger partial charge in [-0.1, -0.05) is 45.4 Å². The summed E-state index contributed by atoms with van der Waals surface area (Å²) in [6.45, 7) is 12.3. The zero-order valence-electron chi connectivity index (χ0n) is 20.8. The summed E-state index contributed by atoms with van der Waals surface area (Å²) in [7, 11) is 6.57. The largest absolute Gasteiger partial charge is 0.393 e. The molecule has 4 aliphatic rings. The molecule has 2 fully saturated rings. The normalized spacial score (nSPS) is 46.3. The van der Waals surface area contributed by atoms with Crippen molar-refractivity contribution < 1.29 is 5.11 Å². The fraction of sp³-hybridized carbons (Fsp3) is 0.852. The van der Waals surface area contributed by atoms with Crippen molar-refractivity contribution in [1.29, 1.82) is 0 Å². The van der Waals surface area contributed by atoms with Crippen molar-refractivity contribution in [3.8, 4) is 0 Å². The SMILES string of the molecule is CN[C@@H](C)[C@H]1[C@H](O)C[C@@]2(C)C3CC[C@@H]4C(=CC3=CC[C@]12C)CC[C@H](N(C)C)C4(C)C. The Kier molecular flexibility index (Phi) is 5.60. The first-order valence-corrected chi connectivity index (χ1v) is 12.4. The molecule has 4 aliphatic carbocycles. The molecule has 2 saturated carbocycles. The highest BCUT2D eigenvalue weighted by Gasteiger charge is 2.63. The van der Waals surface area contributed by atoms with Crippen LogP contribution in [0.15, 0.2) is 23.3 Å². The Balaban J connectivity index is 1.70. The number of rotatable bonds is 3. The predicted octanol–water partition coefficient (Wildman–Crippen LogP) is 5.02. The number of nitrogens with one attached hydrogen (secondary N) is 1. The lowest BCUT2D eigenvalue weighted by molar-refractivity contribution is -0.00741. The Hall–Kier alpha value is -0.640. The van der Waals surface area contributed by atoms with Gasteiger partial charge in [-0.15, -0.1) is 0 Å². The minimum atomic E-state index is -0.206. The van der Waals surface area contributed by atoms with E-state index in [0.717, 1.165) is 12.8 Å². The highest BCUT2D eigenvalue weighted by atomic mass is 16.3. The molecule has 0 aliphatic heterocycles. The molecular weight excluding hydrogens is 368 g/mol. The topological polar surface area (TPSA) is 35.5 Å². The molecule has 4 rings (SSSR count). The summed E-state index contributed by atoms with van der Waals surface area (Å²) < 4.78 is 0. The van der Waals surface area contributed by atoms with E-state index in [-0.39, 0.29) is 16.9 Å². The van der Waals surface area contributed by atoms with E-state index in [4.69, 9.17) is 0 Å². The molecule has 0 amide bonds. The van der Waals surface area contributed by atoms with Crippen molar-refractivity contribution in [3.63, 3.8) is 0 Å². The number of hydrogen-bond donors (Lipinski definition) is 2. The summed E-state index contributed by atoms with van der Waals surface area (Å²) in [6.07, 6.45) is 12.1. The van der Waals surface area contributed by atoms with Gasteiger partial charge in [-0.2, -0.15) is 0 Å². The van der Waals surface area contributed by atoms with Crippen LogP contribution in [0.25, 0.3) is 0 Å². The van der Waals surface area contributed by atoms with E-state index in [1.807, 2.05) is 7.05 Å². The Morgan fingerprint density at radius 3 is 2.37 bits per heavy atom. The number of fused-ring (bicyclic) bond motifs is 4. The lowest BCUT2D eigenvalue weighted by atomic mass is 9.51. The third-order valence-electron chi connectivity index (χ3n) is 10.6. The minimum absolute atomic E-state index is 0.152. The maximum atomic E-state index is 11.2. The van der Waals surface area contributed by atoms with Gasteiger partial charge in [0.2, 0.25) is 0 Å². The molecule has 1 unspecified atom stereocenters. The highest BCUT2D eigenvalue weighted by molar-refractivity contribution is 5.37. The molecule has 0 aromatic carbocycles. The van der Waals surface area contributed by atoms with Crippen LogP contribution in [0.1, 0.15) is 73.1 Å². The average molecular weight is 415 g/mol. The highest BCUT2D eigenvalue weighted by Crippen LogP contribution is 2.67. The average Bonchev–Trinajstić information content (AvgIpc) is 2.78. The quantitative estimate of drug-likeness (QED) is 0.680. The van der Waals surface area contributed by atoms with Gasteiger partial charge in [0, 0.05) is 18.0 Å². The van der Waals surface area contributed by atoms with Crippen LogP contribution in [0.3, 0.4) is 0 Å². The summed E-state index contributed by atoms with van der Waals surface area (Å²) in [5.74, 6) is 1.57. The van der Waals surface area contributed by atoms with Gasteiger partial charge in [0.15, 0.2) is 0 Å². The van der Waals surface area contributed by atoms with Crippen LogP contribution < -0.4 is 5.32 Å². The summed E-state index contributed by atoms with van der Waals surface area (Å²) in [4.78, 5) is 2.46. The van der Waals surface area contributed by atoms with E-state index in [0.29, 0.717) is 35.3 Å². The van der Waals surface area contributed by atoms with E-state index in [2.05, 4.69) is 71.1 Å². The Labute approximate surface area is 185 Å². The van der Waals surface area contributed by atoms with Crippen LogP contribution in [0.4, 0.5) is 0 Å². The Morgan fingerprint density at radius 1 is 1.07 bits per heavy atom. The van der Waals surface area contributed by atoms with E-state index in [9.17, 15) is 5.11 Å². The standard InChI is InChI=1S/C27H46N2O/c1-17(28-6)24-22(30)16-27(5)21-11-10-20-18(15-19(21)13-14-26(24,27)4)9-12-23(29(7)8)25(20,2)3/h13,15,17,20-24,28,30H,9-12,14,16H2,1-8H3/t17-,20+,21?,22+,23-,24-,26+,27-/m0/s1. The lowest BCUT2D eigenvalue weighted by Gasteiger charge is -2.53.